The fraction of sp³-hybridized carbons (Fsp3) is 0.107. The van der Waals surface area contributed by atoms with Crippen molar-refractivity contribution in [2.45, 2.75) is 20.8 Å². The van der Waals surface area contributed by atoms with Crippen LogP contribution in [0.1, 0.15) is 37.7 Å². The molecule has 0 aliphatic carbocycles. The molecule has 2 aromatic heterocycles. The molecule has 174 valence electrons. The zero-order valence-corrected chi connectivity index (χ0v) is 19.5. The Bertz CT molecular complexity index is 1560. The Balaban J connectivity index is 1.44. The Kier molecular flexibility index (Phi) is 5.66. The highest BCUT2D eigenvalue weighted by Crippen LogP contribution is 2.32. The number of anilines is 2. The van der Waals surface area contributed by atoms with Crippen molar-refractivity contribution in [1.82, 2.24) is 5.16 Å². The van der Waals surface area contributed by atoms with Crippen LogP contribution in [0.15, 0.2) is 81.7 Å². The van der Waals surface area contributed by atoms with E-state index < -0.39 is 11.8 Å². The minimum atomic E-state index is -0.514. The van der Waals surface area contributed by atoms with Gasteiger partial charge in [-0.1, -0.05) is 47.1 Å². The molecular weight excluding hydrogens is 442 g/mol. The van der Waals surface area contributed by atoms with Crippen LogP contribution in [0.3, 0.4) is 0 Å². The smallest absolute Gasteiger partial charge is 0.293 e. The quantitative estimate of drug-likeness (QED) is 0.308. The lowest BCUT2D eigenvalue weighted by Gasteiger charge is -2.06. The number of carbonyl (C=O) groups is 2. The van der Waals surface area contributed by atoms with Crippen molar-refractivity contribution in [2.24, 2.45) is 0 Å². The Morgan fingerprint density at radius 3 is 2.34 bits per heavy atom. The van der Waals surface area contributed by atoms with Crippen LogP contribution in [0, 0.1) is 20.8 Å². The molecule has 2 N–H and O–H groups in total. The summed E-state index contributed by atoms with van der Waals surface area (Å²) in [6.45, 7) is 6.00. The highest BCUT2D eigenvalue weighted by molar-refractivity contribution is 6.16. The van der Waals surface area contributed by atoms with E-state index in [0.29, 0.717) is 22.4 Å². The van der Waals surface area contributed by atoms with E-state index in [9.17, 15) is 9.59 Å². The zero-order valence-electron chi connectivity index (χ0n) is 19.5. The molecule has 5 aromatic rings. The Hall–Kier alpha value is -4.65. The predicted molar refractivity (Wildman–Crippen MR) is 135 cm³/mol. The largest absolute Gasteiger partial charge is 0.449 e. The van der Waals surface area contributed by atoms with Crippen molar-refractivity contribution in [3.63, 3.8) is 0 Å². The first-order chi connectivity index (χ1) is 16.9. The molecule has 0 radical (unpaired) electrons. The van der Waals surface area contributed by atoms with Crippen molar-refractivity contribution in [1.29, 1.82) is 0 Å². The fourth-order valence-electron chi connectivity index (χ4n) is 3.74. The number of amides is 2. The second-order valence-corrected chi connectivity index (χ2v) is 8.45. The number of benzene rings is 3. The van der Waals surface area contributed by atoms with Gasteiger partial charge in [-0.25, -0.2) is 0 Å². The first kappa shape index (κ1) is 22.2. The van der Waals surface area contributed by atoms with Gasteiger partial charge in [0, 0.05) is 22.7 Å². The monoisotopic (exact) mass is 465 g/mol. The van der Waals surface area contributed by atoms with Crippen LogP contribution < -0.4 is 10.6 Å². The molecular formula is C28H23N3O4. The number of fused-ring (bicyclic) bond motifs is 1. The number of furan rings is 1. The van der Waals surface area contributed by atoms with E-state index in [1.165, 1.54) is 0 Å². The fourth-order valence-corrected chi connectivity index (χ4v) is 3.74. The van der Waals surface area contributed by atoms with Crippen molar-refractivity contribution in [3.8, 4) is 11.3 Å². The topological polar surface area (TPSA) is 97.4 Å². The van der Waals surface area contributed by atoms with Crippen LogP contribution in [-0.4, -0.2) is 17.0 Å². The van der Waals surface area contributed by atoms with Crippen LogP contribution in [0.4, 0.5) is 11.4 Å². The van der Waals surface area contributed by atoms with Crippen LogP contribution in [0.25, 0.3) is 22.3 Å². The van der Waals surface area contributed by atoms with E-state index in [0.717, 1.165) is 22.3 Å². The Morgan fingerprint density at radius 1 is 0.800 bits per heavy atom. The van der Waals surface area contributed by atoms with Crippen molar-refractivity contribution < 1.29 is 18.5 Å². The first-order valence-corrected chi connectivity index (χ1v) is 11.1. The number of nitrogens with zero attached hydrogens (tertiary/aromatic N) is 1. The third-order valence-electron chi connectivity index (χ3n) is 5.88. The number of carbonyl (C=O) groups excluding carboxylic acids is 2. The molecule has 2 amide bonds. The standard InChI is InChI=1S/C28H23N3O4/c1-16-8-12-20(13-9-16)29-28(33)26-25(21-6-4-5-7-23(21)34-26)30-27(32)22-15-24(35-31-22)19-11-10-17(2)18(3)14-19/h4-15H,1-3H3,(H,29,33)(H,30,32). The van der Waals surface area contributed by atoms with Gasteiger partial charge in [0.1, 0.15) is 11.3 Å². The molecule has 7 nitrogen and oxygen atoms in total. The molecule has 0 aliphatic rings. The van der Waals surface area contributed by atoms with E-state index in [-0.39, 0.29) is 17.1 Å². The van der Waals surface area contributed by atoms with E-state index in [1.54, 1.807) is 36.4 Å². The molecule has 0 aliphatic heterocycles. The molecule has 0 saturated carbocycles. The molecule has 7 heteroatoms. The average Bonchev–Trinajstić information content (AvgIpc) is 3.48. The van der Waals surface area contributed by atoms with E-state index in [4.69, 9.17) is 8.94 Å². The van der Waals surface area contributed by atoms with Gasteiger partial charge in [-0.15, -0.1) is 0 Å². The average molecular weight is 466 g/mol. The molecule has 0 spiro atoms. The summed E-state index contributed by atoms with van der Waals surface area (Å²) in [5.74, 6) is -0.512. The van der Waals surface area contributed by atoms with Gasteiger partial charge < -0.3 is 19.6 Å². The number of para-hydroxylation sites is 1. The number of hydrogen-bond donors (Lipinski definition) is 2. The minimum Gasteiger partial charge on any atom is -0.449 e. The van der Waals surface area contributed by atoms with Crippen molar-refractivity contribution in [3.05, 3.63) is 101 Å². The third kappa shape index (κ3) is 4.44. The summed E-state index contributed by atoms with van der Waals surface area (Å²) in [7, 11) is 0. The highest BCUT2D eigenvalue weighted by Gasteiger charge is 2.24. The summed E-state index contributed by atoms with van der Waals surface area (Å²) in [4.78, 5) is 26.2. The van der Waals surface area contributed by atoms with Crippen LogP contribution >= 0.6 is 0 Å². The zero-order chi connectivity index (χ0) is 24.5. The normalized spacial score (nSPS) is 10.9. The summed E-state index contributed by atoms with van der Waals surface area (Å²) in [5.41, 5.74) is 5.63. The van der Waals surface area contributed by atoms with Gasteiger partial charge in [-0.05, 0) is 62.2 Å². The lowest BCUT2D eigenvalue weighted by atomic mass is 10.0. The highest BCUT2D eigenvalue weighted by atomic mass is 16.5. The molecule has 35 heavy (non-hydrogen) atoms. The van der Waals surface area contributed by atoms with Crippen molar-refractivity contribution in [2.75, 3.05) is 10.6 Å². The Morgan fingerprint density at radius 2 is 1.57 bits per heavy atom. The van der Waals surface area contributed by atoms with Crippen LogP contribution in [0.2, 0.25) is 0 Å². The SMILES string of the molecule is Cc1ccc(NC(=O)c2oc3ccccc3c2NC(=O)c2cc(-c3ccc(C)c(C)c3)on2)cc1. The number of aryl methyl sites for hydroxylation is 3. The minimum absolute atomic E-state index is 0.00185. The first-order valence-electron chi connectivity index (χ1n) is 11.1. The number of aromatic nitrogens is 1. The van der Waals surface area contributed by atoms with Gasteiger partial charge in [0.05, 0.1) is 0 Å². The molecule has 5 rings (SSSR count). The number of nitrogens with one attached hydrogen (secondary N) is 2. The lowest BCUT2D eigenvalue weighted by molar-refractivity contribution is 0.0999. The molecule has 0 atom stereocenters. The molecule has 3 aromatic carbocycles. The van der Waals surface area contributed by atoms with Gasteiger partial charge in [0.2, 0.25) is 5.76 Å². The maximum Gasteiger partial charge on any atom is 0.293 e. The summed E-state index contributed by atoms with van der Waals surface area (Å²) in [6.07, 6.45) is 0. The van der Waals surface area contributed by atoms with E-state index >= 15 is 0 Å². The predicted octanol–water partition coefficient (Wildman–Crippen LogP) is 6.52. The summed E-state index contributed by atoms with van der Waals surface area (Å²) >= 11 is 0. The third-order valence-corrected chi connectivity index (χ3v) is 5.88. The van der Waals surface area contributed by atoms with Crippen LogP contribution in [-0.2, 0) is 0 Å². The molecule has 0 bridgehead atoms. The maximum atomic E-state index is 13.1. The maximum absolute atomic E-state index is 13.1. The summed E-state index contributed by atoms with van der Waals surface area (Å²) in [5, 5.41) is 10.2. The molecule has 0 fully saturated rings. The number of hydrogen-bond acceptors (Lipinski definition) is 5. The van der Waals surface area contributed by atoms with E-state index in [2.05, 4.69) is 15.8 Å². The van der Waals surface area contributed by atoms with Gasteiger partial charge >= 0.3 is 0 Å². The summed E-state index contributed by atoms with van der Waals surface area (Å²) < 4.78 is 11.2. The second kappa shape index (κ2) is 8.95. The second-order valence-electron chi connectivity index (χ2n) is 8.45. The van der Waals surface area contributed by atoms with Gasteiger partial charge in [0.25, 0.3) is 11.8 Å². The van der Waals surface area contributed by atoms with Crippen molar-refractivity contribution >= 4 is 34.2 Å². The molecule has 2 heterocycles. The molecule has 0 saturated heterocycles. The van der Waals surface area contributed by atoms with E-state index in [1.807, 2.05) is 57.2 Å². The number of rotatable bonds is 5. The molecule has 0 unspecified atom stereocenters. The van der Waals surface area contributed by atoms with Crippen LogP contribution in [0.5, 0.6) is 0 Å². The lowest BCUT2D eigenvalue weighted by Crippen LogP contribution is -2.17. The van der Waals surface area contributed by atoms with Gasteiger partial charge in [-0.2, -0.15) is 0 Å². The van der Waals surface area contributed by atoms with Gasteiger partial charge in [-0.3, -0.25) is 9.59 Å². The Labute approximate surface area is 201 Å². The summed E-state index contributed by atoms with van der Waals surface area (Å²) in [6, 6.07) is 22.0. The van der Waals surface area contributed by atoms with Gasteiger partial charge in [0.15, 0.2) is 11.5 Å².